The fourth-order valence-corrected chi connectivity index (χ4v) is 1.10. The van der Waals surface area contributed by atoms with Crippen molar-refractivity contribution < 1.29 is 96.4 Å². The molecule has 0 spiro atoms. The molecule has 0 aromatic rings. The van der Waals surface area contributed by atoms with E-state index in [1.54, 1.807) is 0 Å². The van der Waals surface area contributed by atoms with Gasteiger partial charge in [0, 0.05) is 0 Å². The quantitative estimate of drug-likeness (QED) is 0.334. The van der Waals surface area contributed by atoms with Crippen molar-refractivity contribution in [2.75, 3.05) is 0 Å². The first kappa shape index (κ1) is 18.9. The number of hydrogen-bond acceptors (Lipinski definition) is 7. The Morgan fingerprint density at radius 2 is 1.09 bits per heavy atom. The molecule has 0 atom stereocenters. The maximum Gasteiger partial charge on any atom is 1.00 e. The standard InChI is InChI=1S/2Na.H4O7P2/c;;1-8(2,3)7-9(4,5)6/h;;(H2,1,2,3)(H2,4,5,6)/q2*+1;/p-1. The average molecular weight is 223 g/mol. The van der Waals surface area contributed by atoms with Crippen LogP contribution in [0.4, 0.5) is 0 Å². The number of phosphoric acid groups is 2. The van der Waals surface area contributed by atoms with E-state index in [2.05, 4.69) is 4.31 Å². The minimum Gasteiger partial charge on any atom is -0.790 e. The molecule has 0 radical (unpaired) electrons. The smallest absolute Gasteiger partial charge is 0.790 e. The number of hydrogen-bond donors (Lipinski definition) is 0. The maximum absolute atomic E-state index is 9.32. The molecule has 0 rings (SSSR count). The molecule has 0 aliphatic carbocycles. The van der Waals surface area contributed by atoms with Crippen LogP contribution in [-0.4, -0.2) is 0 Å². The van der Waals surface area contributed by atoms with Crippen molar-refractivity contribution in [2.45, 2.75) is 0 Å². The Kier molecular flexibility index (Phi) is 11.5. The molecule has 0 saturated heterocycles. The summed E-state index contributed by atoms with van der Waals surface area (Å²) in [5.74, 6) is 0. The van der Waals surface area contributed by atoms with Gasteiger partial charge in [0.15, 0.2) is 0 Å². The molecule has 56 valence electrons. The zero-order chi connectivity index (χ0) is 7.71. The molecule has 0 N–H and O–H groups in total. The van der Waals surface area contributed by atoms with Gasteiger partial charge in [0.05, 0.1) is 15.6 Å². The summed E-state index contributed by atoms with van der Waals surface area (Å²) in [5.41, 5.74) is 0. The fourth-order valence-electron chi connectivity index (χ4n) is 0.122. The molecule has 0 bridgehead atoms. The van der Waals surface area contributed by atoms with Crippen LogP contribution in [0.5, 0.6) is 0 Å². The van der Waals surface area contributed by atoms with Crippen molar-refractivity contribution in [3.63, 3.8) is 0 Å². The molecule has 7 nitrogen and oxygen atoms in total. The molecule has 0 saturated carbocycles. The predicted molar refractivity (Wildman–Crippen MR) is 19.6 cm³/mol. The summed E-state index contributed by atoms with van der Waals surface area (Å²) >= 11 is 0. The Labute approximate surface area is 111 Å². The van der Waals surface area contributed by atoms with Gasteiger partial charge in [-0.2, -0.15) is 0 Å². The van der Waals surface area contributed by atoms with Crippen LogP contribution >= 0.6 is 15.6 Å². The average Bonchev–Trinajstić information content (AvgIpc) is 1.14. The second kappa shape index (κ2) is 6.68. The zero-order valence-electron chi connectivity index (χ0n) is 8.75. The Morgan fingerprint density at radius 3 is 1.09 bits per heavy atom. The molecule has 0 heterocycles. The molecular weight excluding hydrogens is 220 g/mol. The summed E-state index contributed by atoms with van der Waals surface area (Å²) in [7, 11) is -11.4. The third-order valence-electron chi connectivity index (χ3n) is 0.200. The second-order valence-electron chi connectivity index (χ2n) is 0.976. The number of rotatable bonds is 2. The van der Waals surface area contributed by atoms with Gasteiger partial charge in [-0.05, 0) is 0 Å². The third kappa shape index (κ3) is 18.9. The van der Waals surface area contributed by atoms with Crippen LogP contribution in [0, 0.1) is 0 Å². The topological polar surface area (TPSA) is 136 Å². The fraction of sp³-hybridized carbons (Fsp3) is 0. The third-order valence-corrected chi connectivity index (χ3v) is 1.80. The van der Waals surface area contributed by atoms with Gasteiger partial charge < -0.3 is 33.0 Å². The second-order valence-corrected chi connectivity index (χ2v) is 3.42. The molecule has 0 fully saturated rings. The van der Waals surface area contributed by atoms with E-state index in [0.717, 1.165) is 0 Å². The van der Waals surface area contributed by atoms with Gasteiger partial charge in [-0.1, -0.05) is 0 Å². The summed E-state index contributed by atoms with van der Waals surface area (Å²) < 4.78 is 21.2. The first-order chi connectivity index (χ1) is 3.71. The summed E-state index contributed by atoms with van der Waals surface area (Å²) in [4.78, 5) is 37.3. The zero-order valence-corrected chi connectivity index (χ0v) is 11.5. The van der Waals surface area contributed by atoms with Gasteiger partial charge in [-0.15, -0.1) is 0 Å². The molecule has 0 aromatic carbocycles. The minimum atomic E-state index is -5.68. The van der Waals surface area contributed by atoms with Crippen LogP contribution in [-0.2, 0) is 13.4 Å². The summed E-state index contributed by atoms with van der Waals surface area (Å²) in [6, 6.07) is 0. The van der Waals surface area contributed by atoms with Crippen LogP contribution in [0.25, 0.3) is 0 Å². The van der Waals surface area contributed by atoms with E-state index < -0.39 is 15.6 Å². The van der Waals surface area contributed by atoms with Gasteiger partial charge in [0.1, 0.15) is 0 Å². The molecular formula is H3Na2O7P2+. The SMILES string of the molecule is O=P([O-])([O-])OP(=O)([O-])[O-].[H+].[H+].[H+].[Na+].[Na+]. The van der Waals surface area contributed by atoms with Crippen molar-refractivity contribution in [3.05, 3.63) is 0 Å². The van der Waals surface area contributed by atoms with Crippen LogP contribution in [0.3, 0.4) is 0 Å². The van der Waals surface area contributed by atoms with Gasteiger partial charge in [-0.25, -0.2) is 0 Å². The Bertz CT molecular complexity index is 165. The minimum absolute atomic E-state index is 0. The van der Waals surface area contributed by atoms with E-state index in [1.807, 2.05) is 0 Å². The molecule has 0 aliphatic rings. The molecule has 0 aliphatic heterocycles. The summed E-state index contributed by atoms with van der Waals surface area (Å²) in [5, 5.41) is 0. The van der Waals surface area contributed by atoms with Gasteiger partial charge >= 0.3 is 63.4 Å². The van der Waals surface area contributed by atoms with Crippen molar-refractivity contribution in [2.24, 2.45) is 0 Å². The first-order valence-electron chi connectivity index (χ1n) is 1.46. The molecule has 0 unspecified atom stereocenters. The van der Waals surface area contributed by atoms with Crippen molar-refractivity contribution in [1.29, 1.82) is 0 Å². The van der Waals surface area contributed by atoms with Crippen molar-refractivity contribution >= 4 is 15.6 Å². The van der Waals surface area contributed by atoms with E-state index in [4.69, 9.17) is 0 Å². The van der Waals surface area contributed by atoms with Crippen molar-refractivity contribution in [3.8, 4) is 0 Å². The maximum atomic E-state index is 9.32. The van der Waals surface area contributed by atoms with Gasteiger partial charge in [0.2, 0.25) is 0 Å². The summed E-state index contributed by atoms with van der Waals surface area (Å²) in [6.07, 6.45) is 0. The van der Waals surface area contributed by atoms with Gasteiger partial charge in [-0.3, -0.25) is 0 Å². The Balaban J connectivity index is -0.0000000320. The van der Waals surface area contributed by atoms with Crippen LogP contribution in [0.1, 0.15) is 4.28 Å². The van der Waals surface area contributed by atoms with Crippen molar-refractivity contribution in [1.82, 2.24) is 0 Å². The van der Waals surface area contributed by atoms with E-state index in [-0.39, 0.29) is 63.4 Å². The van der Waals surface area contributed by atoms with E-state index in [9.17, 15) is 28.7 Å². The molecule has 11 heavy (non-hydrogen) atoms. The van der Waals surface area contributed by atoms with Crippen LogP contribution < -0.4 is 78.7 Å². The monoisotopic (exact) mass is 223 g/mol. The van der Waals surface area contributed by atoms with Crippen LogP contribution in [0.15, 0.2) is 0 Å². The van der Waals surface area contributed by atoms with Crippen LogP contribution in [0.2, 0.25) is 0 Å². The van der Waals surface area contributed by atoms with E-state index in [0.29, 0.717) is 0 Å². The van der Waals surface area contributed by atoms with Gasteiger partial charge in [0.25, 0.3) is 0 Å². The Hall–Kier alpha value is 2.26. The first-order valence-corrected chi connectivity index (χ1v) is 4.38. The Morgan fingerprint density at radius 1 is 0.909 bits per heavy atom. The molecule has 11 heteroatoms. The van der Waals surface area contributed by atoms with E-state index >= 15 is 0 Å². The summed E-state index contributed by atoms with van der Waals surface area (Å²) in [6.45, 7) is 0. The van der Waals surface area contributed by atoms with E-state index in [1.165, 1.54) is 0 Å². The molecule has 0 aromatic heterocycles. The molecule has 0 amide bonds. The predicted octanol–water partition coefficient (Wildman–Crippen LogP) is -8.99. The normalized spacial score (nSPS) is 11.3. The largest absolute Gasteiger partial charge is 1.00 e.